The molecule has 0 fully saturated rings. The molecule has 4 N–H and O–H groups in total. The van der Waals surface area contributed by atoms with Gasteiger partial charge in [0.15, 0.2) is 11.6 Å². The molecule has 0 saturated carbocycles. The Morgan fingerprint density at radius 3 is 2.73 bits per heavy atom. The van der Waals surface area contributed by atoms with Gasteiger partial charge in [0, 0.05) is 34.3 Å². The van der Waals surface area contributed by atoms with E-state index < -0.39 is 30.0 Å². The fourth-order valence-corrected chi connectivity index (χ4v) is 3.90. The van der Waals surface area contributed by atoms with Gasteiger partial charge in [-0.15, -0.1) is 0 Å². The summed E-state index contributed by atoms with van der Waals surface area (Å²) < 4.78 is 59.6. The van der Waals surface area contributed by atoms with E-state index in [1.54, 1.807) is 12.1 Å². The first kappa shape index (κ1) is 20.7. The number of nitrogens with one attached hydrogen (secondary N) is 2. The summed E-state index contributed by atoms with van der Waals surface area (Å²) in [5.41, 5.74) is 5.98. The highest BCUT2D eigenvalue weighted by atomic mass is 19.3. The number of pyridine rings is 2. The maximum Gasteiger partial charge on any atom is 0.272 e. The quantitative estimate of drug-likeness (QED) is 0.266. The molecule has 11 heteroatoms. The van der Waals surface area contributed by atoms with Crippen molar-refractivity contribution in [2.45, 2.75) is 12.8 Å². The van der Waals surface area contributed by atoms with Gasteiger partial charge in [0.2, 0.25) is 6.43 Å². The summed E-state index contributed by atoms with van der Waals surface area (Å²) in [4.78, 5) is 19.7. The molecule has 3 aromatic heterocycles. The van der Waals surface area contributed by atoms with Gasteiger partial charge < -0.3 is 15.5 Å². The second-order valence-electron chi connectivity index (χ2n) is 7.35. The number of fused-ring (bicyclic) bond motifs is 4. The lowest BCUT2D eigenvalue weighted by Gasteiger charge is -2.16. The van der Waals surface area contributed by atoms with Crippen LogP contribution >= 0.6 is 0 Å². The summed E-state index contributed by atoms with van der Waals surface area (Å²) in [5, 5.41) is 7.20. The molecule has 0 aliphatic rings. The molecule has 0 amide bonds. The lowest BCUT2D eigenvalue weighted by molar-refractivity contribution is 0.114. The number of nitrogens with zero attached hydrogens (tertiary/aromatic N) is 2. The van der Waals surface area contributed by atoms with E-state index in [0.29, 0.717) is 21.8 Å². The van der Waals surface area contributed by atoms with E-state index in [2.05, 4.69) is 20.2 Å². The molecular formula is C22H15F4N5O2. The van der Waals surface area contributed by atoms with Gasteiger partial charge in [0.25, 0.3) is 5.56 Å². The van der Waals surface area contributed by atoms with Crippen LogP contribution in [0.5, 0.6) is 5.75 Å². The molecule has 3 heterocycles. The number of nitrogens with two attached hydrogens (primary N) is 1. The number of halogens is 4. The average molecular weight is 457 g/mol. The lowest BCUT2D eigenvalue weighted by atomic mass is 9.95. The van der Waals surface area contributed by atoms with Crippen molar-refractivity contribution in [1.82, 2.24) is 20.2 Å². The standard InChI is InChI=1S/C22H15F4N5O2/c23-13-6-10(12-8-29-31-21(12)17(13)26)16-11-7-14(33-5-3-15(24)25)20-9(2-1-4-28-20)19(11)30-22(32)18(16)27/h1-2,4,6-8,15H,3,5,27H2,(H,29,31)(H,30,32). The lowest BCUT2D eigenvalue weighted by Crippen LogP contribution is -2.14. The molecule has 5 aromatic rings. The Bertz CT molecular complexity index is 1600. The van der Waals surface area contributed by atoms with Crippen LogP contribution in [0.25, 0.3) is 43.8 Å². The van der Waals surface area contributed by atoms with E-state index in [1.165, 1.54) is 18.5 Å². The van der Waals surface area contributed by atoms with Gasteiger partial charge >= 0.3 is 0 Å². The highest BCUT2D eigenvalue weighted by Crippen LogP contribution is 2.41. The van der Waals surface area contributed by atoms with Crippen LogP contribution in [0, 0.1) is 11.6 Å². The SMILES string of the molecule is Nc1c(-c2cc(F)c(F)c3[nH]ncc23)c2cc(OCCC(F)F)c3ncccc3c2[nH]c1=O. The van der Waals surface area contributed by atoms with E-state index in [-0.39, 0.29) is 40.1 Å². The van der Waals surface area contributed by atoms with Crippen molar-refractivity contribution in [3.05, 3.63) is 58.6 Å². The zero-order chi connectivity index (χ0) is 23.3. The summed E-state index contributed by atoms with van der Waals surface area (Å²) in [6.07, 6.45) is -0.257. The van der Waals surface area contributed by atoms with Crippen LogP contribution in [-0.2, 0) is 0 Å². The predicted molar refractivity (Wildman–Crippen MR) is 115 cm³/mol. The van der Waals surface area contributed by atoms with Crippen LogP contribution in [0.1, 0.15) is 6.42 Å². The predicted octanol–water partition coefficient (Wildman–Crippen LogP) is 4.51. The molecule has 0 atom stereocenters. The molecule has 5 rings (SSSR count). The molecule has 0 saturated heterocycles. The Morgan fingerprint density at radius 1 is 1.12 bits per heavy atom. The summed E-state index contributed by atoms with van der Waals surface area (Å²) in [6.45, 7) is -0.278. The molecule has 0 unspecified atom stereocenters. The van der Waals surface area contributed by atoms with Crippen LogP contribution in [0.2, 0.25) is 0 Å². The monoisotopic (exact) mass is 457 g/mol. The average Bonchev–Trinajstić information content (AvgIpc) is 3.28. The third-order valence-corrected chi connectivity index (χ3v) is 5.37. The van der Waals surface area contributed by atoms with Gasteiger partial charge in [-0.1, -0.05) is 0 Å². The first-order chi connectivity index (χ1) is 15.9. The van der Waals surface area contributed by atoms with Gasteiger partial charge in [0.05, 0.1) is 18.3 Å². The van der Waals surface area contributed by atoms with Crippen LogP contribution in [0.15, 0.2) is 41.5 Å². The van der Waals surface area contributed by atoms with Crippen LogP contribution in [0.4, 0.5) is 23.2 Å². The van der Waals surface area contributed by atoms with Crippen LogP contribution in [-0.4, -0.2) is 33.2 Å². The van der Waals surface area contributed by atoms with Crippen LogP contribution in [0.3, 0.4) is 0 Å². The summed E-state index contributed by atoms with van der Waals surface area (Å²) >= 11 is 0. The third kappa shape index (κ3) is 3.32. The van der Waals surface area contributed by atoms with E-state index in [0.717, 1.165) is 6.07 Å². The number of hydrogen-bond donors (Lipinski definition) is 3. The number of hydrogen-bond acceptors (Lipinski definition) is 5. The van der Waals surface area contributed by atoms with Crippen molar-refractivity contribution < 1.29 is 22.3 Å². The van der Waals surface area contributed by atoms with E-state index in [9.17, 15) is 22.4 Å². The molecule has 2 aromatic carbocycles. The van der Waals surface area contributed by atoms with Gasteiger partial charge in [-0.3, -0.25) is 14.9 Å². The zero-order valence-electron chi connectivity index (χ0n) is 16.8. The van der Waals surface area contributed by atoms with Crippen molar-refractivity contribution >= 4 is 38.4 Å². The van der Waals surface area contributed by atoms with E-state index in [4.69, 9.17) is 10.5 Å². The Labute approximate surface area is 182 Å². The van der Waals surface area contributed by atoms with E-state index in [1.807, 2.05) is 0 Å². The fraction of sp³-hybridized carbons (Fsp3) is 0.136. The van der Waals surface area contributed by atoms with Crippen LogP contribution < -0.4 is 16.0 Å². The van der Waals surface area contributed by atoms with Gasteiger partial charge in [-0.25, -0.2) is 17.6 Å². The second-order valence-corrected chi connectivity index (χ2v) is 7.35. The Morgan fingerprint density at radius 2 is 1.94 bits per heavy atom. The minimum Gasteiger partial charge on any atom is -0.491 e. The first-order valence-corrected chi connectivity index (χ1v) is 9.82. The van der Waals surface area contributed by atoms with Crippen molar-refractivity contribution in [2.24, 2.45) is 0 Å². The molecule has 0 bridgehead atoms. The van der Waals surface area contributed by atoms with Crippen molar-refractivity contribution in [2.75, 3.05) is 12.3 Å². The molecule has 0 aliphatic heterocycles. The Balaban J connectivity index is 1.88. The molecule has 7 nitrogen and oxygen atoms in total. The highest BCUT2D eigenvalue weighted by Gasteiger charge is 2.22. The minimum atomic E-state index is -2.55. The Hall–Kier alpha value is -4.15. The normalized spacial score (nSPS) is 11.8. The number of rotatable bonds is 5. The number of aromatic nitrogens is 4. The molecule has 0 radical (unpaired) electrons. The molecule has 0 aliphatic carbocycles. The zero-order valence-corrected chi connectivity index (χ0v) is 16.8. The van der Waals surface area contributed by atoms with E-state index >= 15 is 0 Å². The maximum atomic E-state index is 14.4. The second kappa shape index (κ2) is 7.76. The van der Waals surface area contributed by atoms with Gasteiger partial charge in [-0.05, 0) is 29.8 Å². The number of anilines is 1. The number of alkyl halides is 2. The number of nitrogen functional groups attached to an aromatic ring is 1. The first-order valence-electron chi connectivity index (χ1n) is 9.82. The minimum absolute atomic E-state index is 0.128. The third-order valence-electron chi connectivity index (χ3n) is 5.37. The summed E-state index contributed by atoms with van der Waals surface area (Å²) in [7, 11) is 0. The molecule has 168 valence electrons. The highest BCUT2D eigenvalue weighted by molar-refractivity contribution is 6.15. The number of benzene rings is 2. The number of aromatic amines is 2. The fourth-order valence-electron chi connectivity index (χ4n) is 3.90. The summed E-state index contributed by atoms with van der Waals surface area (Å²) in [5.74, 6) is -2.10. The maximum absolute atomic E-state index is 14.4. The smallest absolute Gasteiger partial charge is 0.272 e. The van der Waals surface area contributed by atoms with Crippen molar-refractivity contribution in [1.29, 1.82) is 0 Å². The molecule has 33 heavy (non-hydrogen) atoms. The number of H-pyrrole nitrogens is 2. The molecule has 0 spiro atoms. The van der Waals surface area contributed by atoms with Gasteiger partial charge in [0.1, 0.15) is 22.5 Å². The van der Waals surface area contributed by atoms with Crippen molar-refractivity contribution in [3.63, 3.8) is 0 Å². The topological polar surface area (TPSA) is 110 Å². The largest absolute Gasteiger partial charge is 0.491 e. The Kier molecular flexibility index (Phi) is 4.88. The summed E-state index contributed by atoms with van der Waals surface area (Å²) in [6, 6.07) is 5.72. The number of ether oxygens (including phenoxy) is 1. The van der Waals surface area contributed by atoms with Crippen molar-refractivity contribution in [3.8, 4) is 16.9 Å². The van der Waals surface area contributed by atoms with Gasteiger partial charge in [-0.2, -0.15) is 5.10 Å². The molecular weight excluding hydrogens is 442 g/mol.